The van der Waals surface area contributed by atoms with Gasteiger partial charge in [0.25, 0.3) is 0 Å². The molecule has 6 heteroatoms. The van der Waals surface area contributed by atoms with E-state index in [1.807, 2.05) is 0 Å². The highest BCUT2D eigenvalue weighted by Gasteiger charge is 2.17. The van der Waals surface area contributed by atoms with Crippen molar-refractivity contribution in [2.75, 3.05) is 45.7 Å². The van der Waals surface area contributed by atoms with E-state index in [1.165, 1.54) is 6.33 Å². The zero-order chi connectivity index (χ0) is 12.1. The Bertz CT molecular complexity index is 361. The molecular formula is C11H18N4O2. The molecule has 1 aromatic heterocycles. The molecule has 0 aromatic carbocycles. The third-order valence-electron chi connectivity index (χ3n) is 2.70. The lowest BCUT2D eigenvalue weighted by Crippen LogP contribution is -2.43. The Morgan fingerprint density at radius 3 is 3.24 bits per heavy atom. The predicted molar refractivity (Wildman–Crippen MR) is 64.3 cm³/mol. The molecule has 94 valence electrons. The SMILES string of the molecule is COc1cc(NCC2CN(C)CCO2)ncn1. The summed E-state index contributed by atoms with van der Waals surface area (Å²) in [7, 11) is 3.69. The number of nitrogens with zero attached hydrogens (tertiary/aromatic N) is 3. The summed E-state index contributed by atoms with van der Waals surface area (Å²) in [6.07, 6.45) is 1.68. The smallest absolute Gasteiger partial charge is 0.218 e. The van der Waals surface area contributed by atoms with Crippen LogP contribution in [-0.2, 0) is 4.74 Å². The van der Waals surface area contributed by atoms with Crippen LogP contribution in [0.15, 0.2) is 12.4 Å². The zero-order valence-electron chi connectivity index (χ0n) is 10.2. The molecule has 6 nitrogen and oxygen atoms in total. The van der Waals surface area contributed by atoms with Crippen molar-refractivity contribution >= 4 is 5.82 Å². The standard InChI is InChI=1S/C11H18N4O2/c1-15-3-4-17-9(7-15)6-12-10-5-11(16-2)14-8-13-10/h5,8-9H,3-4,6-7H2,1-2H3,(H,12,13,14). The molecule has 0 spiro atoms. The molecule has 0 aliphatic carbocycles. The van der Waals surface area contributed by atoms with Gasteiger partial charge in [-0.15, -0.1) is 0 Å². The summed E-state index contributed by atoms with van der Waals surface area (Å²) in [4.78, 5) is 10.3. The van der Waals surface area contributed by atoms with E-state index in [-0.39, 0.29) is 6.10 Å². The number of aromatic nitrogens is 2. The molecule has 0 radical (unpaired) electrons. The second kappa shape index (κ2) is 5.79. The summed E-state index contributed by atoms with van der Waals surface area (Å²) < 4.78 is 10.7. The Labute approximate surface area is 101 Å². The molecule has 17 heavy (non-hydrogen) atoms. The van der Waals surface area contributed by atoms with Crippen LogP contribution in [-0.4, -0.2) is 61.4 Å². The maximum Gasteiger partial charge on any atom is 0.218 e. The number of rotatable bonds is 4. The largest absolute Gasteiger partial charge is 0.481 e. The van der Waals surface area contributed by atoms with Crippen molar-refractivity contribution in [2.45, 2.75) is 6.10 Å². The van der Waals surface area contributed by atoms with Crippen LogP contribution in [0.4, 0.5) is 5.82 Å². The Balaban J connectivity index is 1.84. The molecule has 1 fully saturated rings. The normalized spacial score (nSPS) is 21.2. The highest BCUT2D eigenvalue weighted by molar-refractivity contribution is 5.37. The van der Waals surface area contributed by atoms with Crippen LogP contribution in [0.1, 0.15) is 0 Å². The number of likely N-dealkylation sites (N-methyl/N-ethyl adjacent to an activating group) is 1. The van der Waals surface area contributed by atoms with E-state index in [1.54, 1.807) is 13.2 Å². The van der Waals surface area contributed by atoms with Gasteiger partial charge in [-0.25, -0.2) is 9.97 Å². The summed E-state index contributed by atoms with van der Waals surface area (Å²) in [6.45, 7) is 3.47. The van der Waals surface area contributed by atoms with Gasteiger partial charge in [0.05, 0.1) is 19.8 Å². The van der Waals surface area contributed by atoms with Crippen LogP contribution >= 0.6 is 0 Å². The fraction of sp³-hybridized carbons (Fsp3) is 0.636. The van der Waals surface area contributed by atoms with E-state index in [0.29, 0.717) is 5.88 Å². The minimum absolute atomic E-state index is 0.203. The van der Waals surface area contributed by atoms with Crippen LogP contribution in [0.25, 0.3) is 0 Å². The van der Waals surface area contributed by atoms with Crippen LogP contribution in [0.5, 0.6) is 5.88 Å². The molecule has 1 saturated heterocycles. The Morgan fingerprint density at radius 2 is 2.47 bits per heavy atom. The number of methoxy groups -OCH3 is 1. The second-order valence-electron chi connectivity index (χ2n) is 4.08. The fourth-order valence-corrected chi connectivity index (χ4v) is 1.76. The Hall–Kier alpha value is -1.40. The van der Waals surface area contributed by atoms with Crippen LogP contribution in [0.3, 0.4) is 0 Å². The van der Waals surface area contributed by atoms with E-state index >= 15 is 0 Å². The summed E-state index contributed by atoms with van der Waals surface area (Å²) in [5, 5.41) is 3.23. The number of nitrogens with one attached hydrogen (secondary N) is 1. The predicted octanol–water partition coefficient (Wildman–Crippen LogP) is 0.228. The van der Waals surface area contributed by atoms with Crippen molar-refractivity contribution in [3.05, 3.63) is 12.4 Å². The number of hydrogen-bond donors (Lipinski definition) is 1. The molecule has 1 aromatic rings. The van der Waals surface area contributed by atoms with Gasteiger partial charge in [-0.3, -0.25) is 0 Å². The van der Waals surface area contributed by atoms with Gasteiger partial charge in [0, 0.05) is 25.7 Å². The number of hydrogen-bond acceptors (Lipinski definition) is 6. The van der Waals surface area contributed by atoms with Gasteiger partial charge in [-0.2, -0.15) is 0 Å². The minimum Gasteiger partial charge on any atom is -0.481 e. The third-order valence-corrected chi connectivity index (χ3v) is 2.70. The van der Waals surface area contributed by atoms with Gasteiger partial charge in [0.2, 0.25) is 5.88 Å². The molecule has 1 N–H and O–H groups in total. The first-order chi connectivity index (χ1) is 8.28. The van der Waals surface area contributed by atoms with Crippen LogP contribution in [0, 0.1) is 0 Å². The summed E-state index contributed by atoms with van der Waals surface area (Å²) in [6, 6.07) is 1.77. The molecule has 2 rings (SSSR count). The Morgan fingerprint density at radius 1 is 1.59 bits per heavy atom. The van der Waals surface area contributed by atoms with Crippen molar-refractivity contribution in [1.82, 2.24) is 14.9 Å². The van der Waals surface area contributed by atoms with Crippen LogP contribution in [0.2, 0.25) is 0 Å². The molecule has 1 aliphatic heterocycles. The fourth-order valence-electron chi connectivity index (χ4n) is 1.76. The van der Waals surface area contributed by atoms with Crippen molar-refractivity contribution in [2.24, 2.45) is 0 Å². The lowest BCUT2D eigenvalue weighted by Gasteiger charge is -2.30. The van der Waals surface area contributed by atoms with E-state index in [0.717, 1.165) is 32.1 Å². The average Bonchev–Trinajstić information content (AvgIpc) is 2.37. The monoisotopic (exact) mass is 238 g/mol. The van der Waals surface area contributed by atoms with Gasteiger partial charge in [-0.1, -0.05) is 0 Å². The van der Waals surface area contributed by atoms with Gasteiger partial charge < -0.3 is 19.7 Å². The van der Waals surface area contributed by atoms with Crippen LogP contribution < -0.4 is 10.1 Å². The van der Waals surface area contributed by atoms with E-state index < -0.39 is 0 Å². The number of ether oxygens (including phenoxy) is 2. The number of morpholine rings is 1. The molecule has 1 unspecified atom stereocenters. The maximum absolute atomic E-state index is 5.65. The topological polar surface area (TPSA) is 59.5 Å². The van der Waals surface area contributed by atoms with Gasteiger partial charge in [0.1, 0.15) is 12.1 Å². The van der Waals surface area contributed by atoms with E-state index in [2.05, 4.69) is 27.2 Å². The summed E-state index contributed by atoms with van der Waals surface area (Å²) >= 11 is 0. The Kier molecular flexibility index (Phi) is 4.11. The average molecular weight is 238 g/mol. The molecular weight excluding hydrogens is 220 g/mol. The zero-order valence-corrected chi connectivity index (χ0v) is 10.2. The first kappa shape index (κ1) is 12.1. The van der Waals surface area contributed by atoms with E-state index in [4.69, 9.17) is 9.47 Å². The maximum atomic E-state index is 5.65. The summed E-state index contributed by atoms with van der Waals surface area (Å²) in [5.74, 6) is 1.32. The highest BCUT2D eigenvalue weighted by Crippen LogP contribution is 2.11. The lowest BCUT2D eigenvalue weighted by atomic mass is 10.3. The van der Waals surface area contributed by atoms with Crippen molar-refractivity contribution in [3.63, 3.8) is 0 Å². The highest BCUT2D eigenvalue weighted by atomic mass is 16.5. The second-order valence-corrected chi connectivity index (χ2v) is 4.08. The third kappa shape index (κ3) is 3.54. The quantitative estimate of drug-likeness (QED) is 0.810. The molecule has 1 aliphatic rings. The molecule has 0 bridgehead atoms. The molecule has 2 heterocycles. The molecule has 0 amide bonds. The first-order valence-corrected chi connectivity index (χ1v) is 5.68. The van der Waals surface area contributed by atoms with Gasteiger partial charge in [0.15, 0.2) is 0 Å². The van der Waals surface area contributed by atoms with Gasteiger partial charge >= 0.3 is 0 Å². The van der Waals surface area contributed by atoms with Crippen molar-refractivity contribution in [3.8, 4) is 5.88 Å². The lowest BCUT2D eigenvalue weighted by molar-refractivity contribution is -0.0117. The summed E-state index contributed by atoms with van der Waals surface area (Å²) in [5.41, 5.74) is 0. The molecule has 0 saturated carbocycles. The van der Waals surface area contributed by atoms with E-state index in [9.17, 15) is 0 Å². The number of anilines is 1. The van der Waals surface area contributed by atoms with Crippen molar-refractivity contribution in [1.29, 1.82) is 0 Å². The first-order valence-electron chi connectivity index (χ1n) is 5.68. The van der Waals surface area contributed by atoms with Crippen molar-refractivity contribution < 1.29 is 9.47 Å². The van der Waals surface area contributed by atoms with Gasteiger partial charge in [-0.05, 0) is 7.05 Å². The molecule has 1 atom stereocenters. The minimum atomic E-state index is 0.203.